The summed E-state index contributed by atoms with van der Waals surface area (Å²) in [5, 5.41) is 10.3. The molecule has 0 N–H and O–H groups in total. The maximum absolute atomic E-state index is 12.3. The minimum absolute atomic E-state index is 0.142. The smallest absolute Gasteiger partial charge is 0.221 e. The first-order chi connectivity index (χ1) is 10.2. The lowest BCUT2D eigenvalue weighted by molar-refractivity contribution is 0.0949. The van der Waals surface area contributed by atoms with Crippen LogP contribution in [-0.4, -0.2) is 10.8 Å². The average molecular weight is 341 g/mol. The number of halogens is 1. The van der Waals surface area contributed by atoms with E-state index in [0.29, 0.717) is 10.4 Å². The number of ketones is 1. The van der Waals surface area contributed by atoms with Gasteiger partial charge in [0.2, 0.25) is 5.78 Å². The molecule has 0 radical (unpaired) electrons. The predicted octanol–water partition coefficient (Wildman–Crippen LogP) is 4.08. The largest absolute Gasteiger partial charge is 0.446 e. The minimum atomic E-state index is -0.979. The molecular formula is C16H9BrN2O2. The lowest BCUT2D eigenvalue weighted by Gasteiger charge is -2.07. The molecule has 5 heteroatoms. The van der Waals surface area contributed by atoms with E-state index < -0.39 is 11.7 Å². The van der Waals surface area contributed by atoms with E-state index in [1.165, 1.54) is 6.07 Å². The molecular weight excluding hydrogens is 332 g/mol. The molecule has 0 saturated heterocycles. The Morgan fingerprint density at radius 1 is 1.19 bits per heavy atom. The zero-order valence-corrected chi connectivity index (χ0v) is 12.4. The lowest BCUT2D eigenvalue weighted by atomic mass is 9.99. The number of fused-ring (bicyclic) bond motifs is 1. The molecule has 0 fully saturated rings. The zero-order chi connectivity index (χ0) is 14.8. The summed E-state index contributed by atoms with van der Waals surface area (Å²) >= 11 is 3.14. The number of nitriles is 1. The van der Waals surface area contributed by atoms with Crippen LogP contribution in [0.2, 0.25) is 0 Å². The first kappa shape index (κ1) is 13.5. The number of benzene rings is 1. The highest BCUT2D eigenvalue weighted by Crippen LogP contribution is 2.24. The van der Waals surface area contributed by atoms with Crippen molar-refractivity contribution in [2.75, 3.05) is 0 Å². The first-order valence-corrected chi connectivity index (χ1v) is 7.03. The Kier molecular flexibility index (Phi) is 3.55. The Labute approximate surface area is 129 Å². The first-order valence-electron chi connectivity index (χ1n) is 6.24. The van der Waals surface area contributed by atoms with Gasteiger partial charge in [-0.2, -0.15) is 5.26 Å². The van der Waals surface area contributed by atoms with Gasteiger partial charge >= 0.3 is 0 Å². The maximum Gasteiger partial charge on any atom is 0.221 e. The molecule has 0 aliphatic rings. The van der Waals surface area contributed by atoms with Gasteiger partial charge in [0.05, 0.1) is 17.3 Å². The van der Waals surface area contributed by atoms with Gasteiger partial charge in [0.15, 0.2) is 16.3 Å². The molecule has 2 aromatic heterocycles. The number of Topliss-reactive ketones (excluding diaryl/α,β-unsaturated/α-hetero) is 1. The van der Waals surface area contributed by atoms with Gasteiger partial charge in [0.25, 0.3) is 0 Å². The van der Waals surface area contributed by atoms with Crippen LogP contribution in [-0.2, 0) is 0 Å². The van der Waals surface area contributed by atoms with E-state index in [0.717, 1.165) is 10.9 Å². The number of hydrogen-bond donors (Lipinski definition) is 0. The van der Waals surface area contributed by atoms with Gasteiger partial charge < -0.3 is 4.42 Å². The molecule has 0 amide bonds. The fourth-order valence-electron chi connectivity index (χ4n) is 2.09. The van der Waals surface area contributed by atoms with Crippen molar-refractivity contribution in [3.05, 3.63) is 64.7 Å². The number of aromatic nitrogens is 1. The second kappa shape index (κ2) is 5.51. The number of pyridine rings is 1. The van der Waals surface area contributed by atoms with Crippen LogP contribution >= 0.6 is 15.9 Å². The second-order valence-corrected chi connectivity index (χ2v) is 5.24. The summed E-state index contributed by atoms with van der Waals surface area (Å²) in [7, 11) is 0. The van der Waals surface area contributed by atoms with Crippen molar-refractivity contribution in [3.8, 4) is 6.07 Å². The summed E-state index contributed by atoms with van der Waals surface area (Å²) in [6.45, 7) is 0. The molecule has 102 valence electrons. The molecule has 1 unspecified atom stereocenters. The van der Waals surface area contributed by atoms with Gasteiger partial charge in [0, 0.05) is 5.39 Å². The van der Waals surface area contributed by atoms with E-state index in [9.17, 15) is 10.1 Å². The fourth-order valence-corrected chi connectivity index (χ4v) is 2.40. The van der Waals surface area contributed by atoms with Crippen molar-refractivity contribution in [1.29, 1.82) is 5.26 Å². The van der Waals surface area contributed by atoms with Crippen LogP contribution in [0.15, 0.2) is 57.6 Å². The average Bonchev–Trinajstić information content (AvgIpc) is 2.94. The van der Waals surface area contributed by atoms with Crippen molar-refractivity contribution in [3.63, 3.8) is 0 Å². The highest BCUT2D eigenvalue weighted by molar-refractivity contribution is 9.10. The summed E-state index contributed by atoms with van der Waals surface area (Å²) < 4.78 is 5.68. The third-order valence-corrected chi connectivity index (χ3v) is 3.55. The quantitative estimate of drug-likeness (QED) is 0.673. The fraction of sp³-hybridized carbons (Fsp3) is 0.0625. The highest BCUT2D eigenvalue weighted by atomic mass is 79.9. The van der Waals surface area contributed by atoms with Crippen molar-refractivity contribution < 1.29 is 9.21 Å². The van der Waals surface area contributed by atoms with E-state index >= 15 is 0 Å². The molecule has 4 nitrogen and oxygen atoms in total. The van der Waals surface area contributed by atoms with Crippen LogP contribution in [0.3, 0.4) is 0 Å². The molecule has 3 rings (SSSR count). The molecule has 3 aromatic rings. The van der Waals surface area contributed by atoms with Crippen molar-refractivity contribution in [2.24, 2.45) is 0 Å². The van der Waals surface area contributed by atoms with Crippen LogP contribution in [0.1, 0.15) is 22.2 Å². The number of para-hydroxylation sites is 1. The second-order valence-electron chi connectivity index (χ2n) is 4.46. The summed E-state index contributed by atoms with van der Waals surface area (Å²) in [6, 6.07) is 16.3. The van der Waals surface area contributed by atoms with Crippen LogP contribution in [0.4, 0.5) is 0 Å². The topological polar surface area (TPSA) is 66.9 Å². The van der Waals surface area contributed by atoms with E-state index in [2.05, 4.69) is 20.9 Å². The van der Waals surface area contributed by atoms with E-state index in [-0.39, 0.29) is 5.76 Å². The molecule has 0 aliphatic carbocycles. The Bertz CT molecular complexity index is 864. The van der Waals surface area contributed by atoms with Crippen molar-refractivity contribution >= 4 is 32.6 Å². The molecule has 0 bridgehead atoms. The third-order valence-electron chi connectivity index (χ3n) is 3.12. The Morgan fingerprint density at radius 2 is 2.00 bits per heavy atom. The number of carbonyl (C=O) groups is 1. The summed E-state index contributed by atoms with van der Waals surface area (Å²) in [4.78, 5) is 16.8. The molecule has 1 aromatic carbocycles. The normalized spacial score (nSPS) is 12.0. The highest BCUT2D eigenvalue weighted by Gasteiger charge is 2.25. The molecule has 2 heterocycles. The Hall–Kier alpha value is -2.45. The van der Waals surface area contributed by atoms with Crippen molar-refractivity contribution in [2.45, 2.75) is 5.92 Å². The molecule has 0 spiro atoms. The summed E-state index contributed by atoms with van der Waals surface area (Å²) in [6.07, 6.45) is 0. The van der Waals surface area contributed by atoms with Gasteiger partial charge in [-0.05, 0) is 40.2 Å². The van der Waals surface area contributed by atoms with Gasteiger partial charge in [0.1, 0.15) is 0 Å². The number of carbonyl (C=O) groups excluding carboxylic acids is 1. The third kappa shape index (κ3) is 2.58. The molecule has 0 saturated carbocycles. The number of hydrogen-bond acceptors (Lipinski definition) is 4. The standard InChI is InChI=1S/C16H9BrN2O2/c17-15-8-7-14(21-15)16(20)11(9-18)13-6-5-10-3-1-2-4-12(10)19-13/h1-8,11H. The molecule has 1 atom stereocenters. The van der Waals surface area contributed by atoms with Crippen molar-refractivity contribution in [1.82, 2.24) is 4.98 Å². The van der Waals surface area contributed by atoms with Crippen LogP contribution in [0, 0.1) is 11.3 Å². The zero-order valence-electron chi connectivity index (χ0n) is 10.8. The van der Waals surface area contributed by atoms with Crippen LogP contribution < -0.4 is 0 Å². The van der Waals surface area contributed by atoms with E-state index in [1.807, 2.05) is 36.4 Å². The van der Waals surface area contributed by atoms with E-state index in [1.54, 1.807) is 12.1 Å². The number of furan rings is 1. The molecule has 21 heavy (non-hydrogen) atoms. The van der Waals surface area contributed by atoms with Gasteiger partial charge in [-0.25, -0.2) is 0 Å². The predicted molar refractivity (Wildman–Crippen MR) is 80.8 cm³/mol. The lowest BCUT2D eigenvalue weighted by Crippen LogP contribution is -2.12. The number of nitrogens with zero attached hydrogens (tertiary/aromatic N) is 2. The summed E-state index contributed by atoms with van der Waals surface area (Å²) in [5.41, 5.74) is 1.18. The monoisotopic (exact) mass is 340 g/mol. The minimum Gasteiger partial charge on any atom is -0.446 e. The maximum atomic E-state index is 12.3. The van der Waals surface area contributed by atoms with E-state index in [4.69, 9.17) is 4.42 Å². The number of rotatable bonds is 3. The van der Waals surface area contributed by atoms with Gasteiger partial charge in [-0.3, -0.25) is 9.78 Å². The Morgan fingerprint density at radius 3 is 2.71 bits per heavy atom. The Balaban J connectivity index is 2.02. The van der Waals surface area contributed by atoms with Gasteiger partial charge in [-0.1, -0.05) is 24.3 Å². The molecule has 0 aliphatic heterocycles. The van der Waals surface area contributed by atoms with Crippen LogP contribution in [0.25, 0.3) is 10.9 Å². The van der Waals surface area contributed by atoms with Gasteiger partial charge in [-0.15, -0.1) is 0 Å². The SMILES string of the molecule is N#CC(C(=O)c1ccc(Br)o1)c1ccc2ccccc2n1. The van der Waals surface area contributed by atoms with Crippen LogP contribution in [0.5, 0.6) is 0 Å². The summed E-state index contributed by atoms with van der Waals surface area (Å²) in [5.74, 6) is -1.23.